The van der Waals surface area contributed by atoms with E-state index >= 15 is 0 Å². The monoisotopic (exact) mass is 353 g/mol. The number of benzene rings is 1. The summed E-state index contributed by atoms with van der Waals surface area (Å²) in [7, 11) is 1.37. The van der Waals surface area contributed by atoms with Crippen LogP contribution in [0.5, 0.6) is 0 Å². The minimum Gasteiger partial charge on any atom is -0.452 e. The molecule has 1 aromatic carbocycles. The van der Waals surface area contributed by atoms with Crippen molar-refractivity contribution in [2.75, 3.05) is 12.0 Å². The number of nitrogens with zero attached hydrogens (tertiary/aromatic N) is 5. The predicted octanol–water partition coefficient (Wildman–Crippen LogP) is 3.31. The van der Waals surface area contributed by atoms with Crippen LogP contribution >= 0.6 is 0 Å². The van der Waals surface area contributed by atoms with Gasteiger partial charge in [0.15, 0.2) is 0 Å². The molecule has 8 nitrogen and oxygen atoms in total. The van der Waals surface area contributed by atoms with Crippen LogP contribution in [0.1, 0.15) is 32.4 Å². The maximum absolute atomic E-state index is 12.3. The summed E-state index contributed by atoms with van der Waals surface area (Å²) in [4.78, 5) is 22.8. The SMILES string of the molecule is COC(=O)N1Cc2c(-c3noc(C(C)(C)C)n3)ncn2-c2ccccc21. The topological polar surface area (TPSA) is 86.3 Å². The molecule has 3 aromatic rings. The van der Waals surface area contributed by atoms with Gasteiger partial charge in [0.25, 0.3) is 0 Å². The number of carbonyl (C=O) groups excluding carboxylic acids is 1. The zero-order valence-electron chi connectivity index (χ0n) is 15.1. The van der Waals surface area contributed by atoms with E-state index in [1.165, 1.54) is 7.11 Å². The molecule has 26 heavy (non-hydrogen) atoms. The molecule has 0 atom stereocenters. The van der Waals surface area contributed by atoms with Gasteiger partial charge in [0.1, 0.15) is 12.0 Å². The summed E-state index contributed by atoms with van der Waals surface area (Å²) in [5, 5.41) is 4.08. The highest BCUT2D eigenvalue weighted by Crippen LogP contribution is 2.36. The van der Waals surface area contributed by atoms with Gasteiger partial charge >= 0.3 is 6.09 Å². The Bertz CT molecular complexity index is 983. The van der Waals surface area contributed by atoms with Gasteiger partial charge in [-0.2, -0.15) is 4.98 Å². The molecule has 8 heteroatoms. The lowest BCUT2D eigenvalue weighted by molar-refractivity contribution is 0.178. The van der Waals surface area contributed by atoms with E-state index in [0.717, 1.165) is 17.1 Å². The zero-order valence-corrected chi connectivity index (χ0v) is 15.1. The zero-order chi connectivity index (χ0) is 18.5. The summed E-state index contributed by atoms with van der Waals surface area (Å²) in [5.74, 6) is 0.947. The number of hydrogen-bond donors (Lipinski definition) is 0. The fourth-order valence-electron chi connectivity index (χ4n) is 2.95. The number of imidazole rings is 1. The van der Waals surface area contributed by atoms with Gasteiger partial charge in [0.05, 0.1) is 30.7 Å². The molecule has 1 aliphatic rings. The average Bonchev–Trinajstić information content (AvgIpc) is 3.26. The number of anilines is 1. The number of para-hydroxylation sites is 2. The highest BCUT2D eigenvalue weighted by molar-refractivity contribution is 5.91. The summed E-state index contributed by atoms with van der Waals surface area (Å²) in [6, 6.07) is 7.60. The lowest BCUT2D eigenvalue weighted by atomic mass is 9.97. The van der Waals surface area contributed by atoms with Gasteiger partial charge in [-0.15, -0.1) is 0 Å². The van der Waals surface area contributed by atoms with Gasteiger partial charge in [0, 0.05) is 5.41 Å². The highest BCUT2D eigenvalue weighted by atomic mass is 16.5. The molecule has 0 saturated carbocycles. The van der Waals surface area contributed by atoms with Crippen LogP contribution < -0.4 is 4.90 Å². The molecule has 1 amide bonds. The van der Waals surface area contributed by atoms with E-state index in [0.29, 0.717) is 24.0 Å². The first-order chi connectivity index (χ1) is 12.4. The highest BCUT2D eigenvalue weighted by Gasteiger charge is 2.31. The van der Waals surface area contributed by atoms with Crippen molar-refractivity contribution in [3.63, 3.8) is 0 Å². The van der Waals surface area contributed by atoms with Crippen LogP contribution in [-0.4, -0.2) is 32.9 Å². The van der Waals surface area contributed by atoms with E-state index in [-0.39, 0.29) is 5.41 Å². The first-order valence-corrected chi connectivity index (χ1v) is 8.26. The van der Waals surface area contributed by atoms with Crippen molar-refractivity contribution >= 4 is 11.8 Å². The molecule has 0 unspecified atom stereocenters. The second-order valence-electron chi connectivity index (χ2n) is 7.13. The van der Waals surface area contributed by atoms with Crippen molar-refractivity contribution in [3.8, 4) is 17.2 Å². The molecule has 0 N–H and O–H groups in total. The Morgan fingerprint density at radius 2 is 1.96 bits per heavy atom. The third-order valence-electron chi connectivity index (χ3n) is 4.28. The van der Waals surface area contributed by atoms with Crippen LogP contribution in [0.15, 0.2) is 35.1 Å². The van der Waals surface area contributed by atoms with E-state index in [1.807, 2.05) is 49.6 Å². The average molecular weight is 353 g/mol. The Balaban J connectivity index is 1.84. The fourth-order valence-corrected chi connectivity index (χ4v) is 2.95. The summed E-state index contributed by atoms with van der Waals surface area (Å²) >= 11 is 0. The van der Waals surface area contributed by atoms with Gasteiger partial charge < -0.3 is 9.26 Å². The molecule has 0 aliphatic carbocycles. The van der Waals surface area contributed by atoms with Crippen molar-refractivity contribution in [2.24, 2.45) is 0 Å². The maximum Gasteiger partial charge on any atom is 0.414 e. The van der Waals surface area contributed by atoms with Crippen LogP contribution in [0.2, 0.25) is 0 Å². The van der Waals surface area contributed by atoms with E-state index in [9.17, 15) is 4.79 Å². The summed E-state index contributed by atoms with van der Waals surface area (Å²) in [5.41, 5.74) is 2.75. The van der Waals surface area contributed by atoms with Crippen molar-refractivity contribution in [1.82, 2.24) is 19.7 Å². The summed E-state index contributed by atoms with van der Waals surface area (Å²) in [6.07, 6.45) is 1.28. The first-order valence-electron chi connectivity index (χ1n) is 8.26. The Kier molecular flexibility index (Phi) is 3.57. The largest absolute Gasteiger partial charge is 0.452 e. The molecule has 1 aliphatic heterocycles. The van der Waals surface area contributed by atoms with Crippen molar-refractivity contribution in [2.45, 2.75) is 32.7 Å². The summed E-state index contributed by atoms with van der Waals surface area (Å²) in [6.45, 7) is 6.31. The third kappa shape index (κ3) is 2.45. The molecule has 2 aromatic heterocycles. The number of rotatable bonds is 1. The lowest BCUT2D eigenvalue weighted by Gasteiger charge is -2.29. The van der Waals surface area contributed by atoms with Crippen molar-refractivity contribution < 1.29 is 14.1 Å². The molecule has 0 radical (unpaired) electrons. The molecule has 3 heterocycles. The Labute approximate surface area is 150 Å². The molecular weight excluding hydrogens is 334 g/mol. The van der Waals surface area contributed by atoms with E-state index in [2.05, 4.69) is 15.1 Å². The molecule has 134 valence electrons. The number of amides is 1. The number of carbonyl (C=O) groups is 1. The minimum absolute atomic E-state index is 0.254. The number of fused-ring (bicyclic) bond motifs is 3. The van der Waals surface area contributed by atoms with Gasteiger partial charge in [0.2, 0.25) is 11.7 Å². The van der Waals surface area contributed by atoms with Crippen LogP contribution in [-0.2, 0) is 16.7 Å². The smallest absolute Gasteiger partial charge is 0.414 e. The van der Waals surface area contributed by atoms with Gasteiger partial charge in [-0.3, -0.25) is 9.47 Å². The number of ether oxygens (including phenoxy) is 1. The van der Waals surface area contributed by atoms with E-state index < -0.39 is 6.09 Å². The molecule has 0 fully saturated rings. The van der Waals surface area contributed by atoms with Crippen LogP contribution in [0, 0.1) is 0 Å². The number of aromatic nitrogens is 4. The summed E-state index contributed by atoms with van der Waals surface area (Å²) < 4.78 is 12.3. The van der Waals surface area contributed by atoms with Gasteiger partial charge in [-0.05, 0) is 12.1 Å². The number of methoxy groups -OCH3 is 1. The molecule has 4 rings (SSSR count). The minimum atomic E-state index is -0.431. The standard InChI is InChI=1S/C18H19N5O3/c1-18(2,3)16-20-15(21-26-16)14-13-9-22(17(24)25-4)11-7-5-6-8-12(11)23(13)10-19-14/h5-8,10H,9H2,1-4H3. The molecule has 0 spiro atoms. The molecule has 0 bridgehead atoms. The molecular formula is C18H19N5O3. The Hall–Kier alpha value is -3.16. The Morgan fingerprint density at radius 3 is 2.62 bits per heavy atom. The first kappa shape index (κ1) is 16.3. The van der Waals surface area contributed by atoms with Crippen LogP contribution in [0.25, 0.3) is 17.2 Å². The Morgan fingerprint density at radius 1 is 1.23 bits per heavy atom. The quantitative estimate of drug-likeness (QED) is 0.667. The maximum atomic E-state index is 12.3. The van der Waals surface area contributed by atoms with Crippen LogP contribution in [0.3, 0.4) is 0 Å². The van der Waals surface area contributed by atoms with Crippen LogP contribution in [0.4, 0.5) is 10.5 Å². The van der Waals surface area contributed by atoms with Gasteiger partial charge in [-0.25, -0.2) is 9.78 Å². The van der Waals surface area contributed by atoms with E-state index in [4.69, 9.17) is 9.26 Å². The third-order valence-corrected chi connectivity index (χ3v) is 4.28. The van der Waals surface area contributed by atoms with Gasteiger partial charge in [-0.1, -0.05) is 38.1 Å². The number of hydrogen-bond acceptors (Lipinski definition) is 6. The second-order valence-corrected chi connectivity index (χ2v) is 7.13. The van der Waals surface area contributed by atoms with E-state index in [1.54, 1.807) is 11.2 Å². The normalized spacial score (nSPS) is 13.3. The van der Waals surface area contributed by atoms with Crippen molar-refractivity contribution in [1.29, 1.82) is 0 Å². The lowest BCUT2D eigenvalue weighted by Crippen LogP contribution is -2.35. The fraction of sp³-hybridized carbons (Fsp3) is 0.333. The van der Waals surface area contributed by atoms with Crippen molar-refractivity contribution in [3.05, 3.63) is 42.2 Å². The molecule has 0 saturated heterocycles. The predicted molar refractivity (Wildman–Crippen MR) is 94.1 cm³/mol. The second kappa shape index (κ2) is 5.69.